The summed E-state index contributed by atoms with van der Waals surface area (Å²) in [7, 11) is 0. The highest BCUT2D eigenvalue weighted by molar-refractivity contribution is 6.22. The van der Waals surface area contributed by atoms with Crippen molar-refractivity contribution in [1.82, 2.24) is 0 Å². The Labute approximate surface area is 82.7 Å². The van der Waals surface area contributed by atoms with Crippen molar-refractivity contribution in [2.75, 3.05) is 0 Å². The Hall–Kier alpha value is -1.26. The zero-order valence-electron chi connectivity index (χ0n) is 7.25. The maximum Gasteiger partial charge on any atom is 0.235 e. The lowest BCUT2D eigenvalue weighted by Crippen LogP contribution is -1.95. The van der Waals surface area contributed by atoms with Crippen LogP contribution in [0.1, 0.15) is 17.3 Å². The molecule has 0 radical (unpaired) electrons. The van der Waals surface area contributed by atoms with Gasteiger partial charge in [-0.05, 0) is 12.8 Å². The number of halogens is 1. The minimum Gasteiger partial charge on any atom is -0.279 e. The van der Waals surface area contributed by atoms with E-state index in [-0.39, 0.29) is 11.2 Å². The maximum absolute atomic E-state index is 11.3. The van der Waals surface area contributed by atoms with Crippen molar-refractivity contribution >= 4 is 17.4 Å². The molecule has 0 bridgehead atoms. The van der Waals surface area contributed by atoms with E-state index >= 15 is 0 Å². The number of rotatable bonds is 1. The van der Waals surface area contributed by atoms with Crippen molar-refractivity contribution in [3.8, 4) is 11.8 Å². The molecule has 0 saturated heterocycles. The molecular formula is C11H9ClO. The van der Waals surface area contributed by atoms with Gasteiger partial charge in [0.25, 0.3) is 0 Å². The largest absolute Gasteiger partial charge is 0.279 e. The van der Waals surface area contributed by atoms with Gasteiger partial charge in [0.1, 0.15) is 0 Å². The Morgan fingerprint density at radius 2 is 2.00 bits per heavy atom. The maximum atomic E-state index is 11.3. The molecule has 1 atom stereocenters. The first-order valence-electron chi connectivity index (χ1n) is 3.95. The Morgan fingerprint density at radius 1 is 1.38 bits per heavy atom. The Balaban J connectivity index is 2.78. The summed E-state index contributed by atoms with van der Waals surface area (Å²) < 4.78 is 0. The van der Waals surface area contributed by atoms with Crippen LogP contribution in [0.25, 0.3) is 0 Å². The lowest BCUT2D eigenvalue weighted by atomic mass is 10.1. The fourth-order valence-corrected chi connectivity index (χ4v) is 0.881. The predicted molar refractivity (Wildman–Crippen MR) is 53.9 cm³/mol. The first-order valence-corrected chi connectivity index (χ1v) is 4.39. The summed E-state index contributed by atoms with van der Waals surface area (Å²) in [6, 6.07) is 8.93. The molecule has 1 nitrogen and oxygen atoms in total. The van der Waals surface area contributed by atoms with Crippen molar-refractivity contribution in [3.05, 3.63) is 35.9 Å². The van der Waals surface area contributed by atoms with Crippen LogP contribution in [-0.4, -0.2) is 11.2 Å². The average molecular weight is 193 g/mol. The van der Waals surface area contributed by atoms with Crippen molar-refractivity contribution in [3.63, 3.8) is 0 Å². The lowest BCUT2D eigenvalue weighted by molar-refractivity contribution is 0.105. The SMILES string of the molecule is CC(Cl)C#CC(=O)c1ccccc1. The molecule has 0 amide bonds. The second kappa shape index (κ2) is 4.69. The predicted octanol–water partition coefficient (Wildman–Crippen LogP) is 2.50. The smallest absolute Gasteiger partial charge is 0.235 e. The summed E-state index contributed by atoms with van der Waals surface area (Å²) in [4.78, 5) is 11.3. The van der Waals surface area contributed by atoms with Gasteiger partial charge in [-0.3, -0.25) is 4.79 Å². The van der Waals surface area contributed by atoms with Crippen LogP contribution in [0.5, 0.6) is 0 Å². The van der Waals surface area contributed by atoms with Crippen LogP contribution in [0.4, 0.5) is 0 Å². The number of alkyl halides is 1. The molecule has 1 aromatic carbocycles. The highest BCUT2D eigenvalue weighted by Gasteiger charge is 1.99. The van der Waals surface area contributed by atoms with Crippen LogP contribution >= 0.6 is 11.6 Å². The normalized spacial score (nSPS) is 11.2. The van der Waals surface area contributed by atoms with Crippen molar-refractivity contribution in [2.24, 2.45) is 0 Å². The molecule has 0 aliphatic rings. The molecule has 0 aromatic heterocycles. The Bertz CT molecular complexity index is 343. The van der Waals surface area contributed by atoms with Gasteiger partial charge in [0.2, 0.25) is 5.78 Å². The second-order valence-electron chi connectivity index (χ2n) is 2.58. The summed E-state index contributed by atoms with van der Waals surface area (Å²) in [5, 5.41) is -0.285. The molecule has 0 fully saturated rings. The van der Waals surface area contributed by atoms with Crippen LogP contribution in [0.2, 0.25) is 0 Å². The number of carbonyl (C=O) groups excluding carboxylic acids is 1. The molecule has 2 heteroatoms. The zero-order valence-corrected chi connectivity index (χ0v) is 8.01. The van der Waals surface area contributed by atoms with E-state index in [2.05, 4.69) is 11.8 Å². The topological polar surface area (TPSA) is 17.1 Å². The zero-order chi connectivity index (χ0) is 9.68. The van der Waals surface area contributed by atoms with Crippen molar-refractivity contribution < 1.29 is 4.79 Å². The standard InChI is InChI=1S/C11H9ClO/c1-9(12)7-8-11(13)10-5-3-2-4-6-10/h2-6,9H,1H3. The molecular weight excluding hydrogens is 184 g/mol. The number of hydrogen-bond donors (Lipinski definition) is 0. The second-order valence-corrected chi connectivity index (χ2v) is 3.24. The molecule has 0 saturated carbocycles. The number of benzene rings is 1. The third-order valence-corrected chi connectivity index (χ3v) is 1.53. The van der Waals surface area contributed by atoms with Gasteiger partial charge in [0, 0.05) is 5.56 Å². The molecule has 1 rings (SSSR count). The van der Waals surface area contributed by atoms with E-state index in [0.29, 0.717) is 5.56 Å². The van der Waals surface area contributed by atoms with Gasteiger partial charge >= 0.3 is 0 Å². The minimum absolute atomic E-state index is 0.187. The molecule has 1 unspecified atom stereocenters. The summed E-state index contributed by atoms with van der Waals surface area (Å²) in [6.45, 7) is 1.73. The van der Waals surface area contributed by atoms with Gasteiger partial charge in [-0.2, -0.15) is 0 Å². The number of carbonyl (C=O) groups is 1. The fourth-order valence-electron chi connectivity index (χ4n) is 0.827. The van der Waals surface area contributed by atoms with Crippen LogP contribution in [0, 0.1) is 11.8 Å². The molecule has 0 N–H and O–H groups in total. The van der Waals surface area contributed by atoms with Crippen molar-refractivity contribution in [2.45, 2.75) is 12.3 Å². The minimum atomic E-state index is -0.285. The third-order valence-electron chi connectivity index (χ3n) is 1.42. The van der Waals surface area contributed by atoms with E-state index in [1.165, 1.54) is 0 Å². The third kappa shape index (κ3) is 3.31. The fraction of sp³-hybridized carbons (Fsp3) is 0.182. The van der Waals surface area contributed by atoms with E-state index < -0.39 is 0 Å². The first-order chi connectivity index (χ1) is 6.20. The van der Waals surface area contributed by atoms with E-state index in [0.717, 1.165) is 0 Å². The molecule has 0 aliphatic carbocycles. The lowest BCUT2D eigenvalue weighted by Gasteiger charge is -1.91. The highest BCUT2D eigenvalue weighted by Crippen LogP contribution is 1.99. The van der Waals surface area contributed by atoms with Gasteiger partial charge in [0.15, 0.2) is 0 Å². The Kier molecular flexibility index (Phi) is 3.54. The molecule has 66 valence electrons. The summed E-state index contributed by atoms with van der Waals surface area (Å²) in [6.07, 6.45) is 0. The van der Waals surface area contributed by atoms with E-state index in [9.17, 15) is 4.79 Å². The van der Waals surface area contributed by atoms with Gasteiger partial charge < -0.3 is 0 Å². The quantitative estimate of drug-likeness (QED) is 0.289. The van der Waals surface area contributed by atoms with Crippen molar-refractivity contribution in [1.29, 1.82) is 0 Å². The van der Waals surface area contributed by atoms with Crippen LogP contribution in [0.3, 0.4) is 0 Å². The van der Waals surface area contributed by atoms with Gasteiger partial charge in [0.05, 0.1) is 5.38 Å². The average Bonchev–Trinajstić information content (AvgIpc) is 2.15. The first kappa shape index (κ1) is 9.83. The molecule has 0 spiro atoms. The van der Waals surface area contributed by atoms with Gasteiger partial charge in [-0.1, -0.05) is 36.3 Å². The number of hydrogen-bond acceptors (Lipinski definition) is 1. The van der Waals surface area contributed by atoms with E-state index in [1.54, 1.807) is 31.2 Å². The molecule has 0 aliphatic heterocycles. The summed E-state index contributed by atoms with van der Waals surface area (Å²) in [5.74, 6) is 4.90. The van der Waals surface area contributed by atoms with Gasteiger partial charge in [-0.15, -0.1) is 11.6 Å². The Morgan fingerprint density at radius 3 is 2.54 bits per heavy atom. The van der Waals surface area contributed by atoms with Crippen LogP contribution in [0.15, 0.2) is 30.3 Å². The number of ketones is 1. The van der Waals surface area contributed by atoms with E-state index in [1.807, 2.05) is 6.07 Å². The summed E-state index contributed by atoms with van der Waals surface area (Å²) >= 11 is 5.58. The molecule has 1 aromatic rings. The summed E-state index contributed by atoms with van der Waals surface area (Å²) in [5.41, 5.74) is 0.604. The molecule has 0 heterocycles. The van der Waals surface area contributed by atoms with Crippen LogP contribution < -0.4 is 0 Å². The molecule has 13 heavy (non-hydrogen) atoms. The highest BCUT2D eigenvalue weighted by atomic mass is 35.5. The van der Waals surface area contributed by atoms with E-state index in [4.69, 9.17) is 11.6 Å². The van der Waals surface area contributed by atoms with Crippen LogP contribution in [-0.2, 0) is 0 Å². The number of Topliss-reactive ketones (excluding diaryl/α,β-unsaturated/α-hetero) is 1. The van der Waals surface area contributed by atoms with Gasteiger partial charge in [-0.25, -0.2) is 0 Å². The monoisotopic (exact) mass is 192 g/mol.